The van der Waals surface area contributed by atoms with E-state index in [1.54, 1.807) is 11.3 Å². The highest BCUT2D eigenvalue weighted by atomic mass is 79.9. The number of hydrogen-bond acceptors (Lipinski definition) is 3. The summed E-state index contributed by atoms with van der Waals surface area (Å²) >= 11 is 8.70. The molecule has 5 heteroatoms. The number of nitrogens with zero attached hydrogens (tertiary/aromatic N) is 1. The fourth-order valence-electron chi connectivity index (χ4n) is 1.28. The van der Waals surface area contributed by atoms with Gasteiger partial charge in [0.15, 0.2) is 0 Å². The monoisotopic (exact) mass is 360 g/mol. The van der Waals surface area contributed by atoms with Gasteiger partial charge < -0.3 is 5.32 Å². The zero-order valence-electron chi connectivity index (χ0n) is 8.63. The van der Waals surface area contributed by atoms with Gasteiger partial charge in [-0.25, -0.2) is 4.98 Å². The van der Waals surface area contributed by atoms with Gasteiger partial charge in [-0.05, 0) is 56.5 Å². The van der Waals surface area contributed by atoms with Crippen LogP contribution in [0.1, 0.15) is 10.4 Å². The average Bonchev–Trinajstić information content (AvgIpc) is 2.67. The van der Waals surface area contributed by atoms with E-state index in [0.717, 1.165) is 21.3 Å². The van der Waals surface area contributed by atoms with Crippen molar-refractivity contribution in [3.63, 3.8) is 0 Å². The first-order chi connectivity index (χ1) is 7.66. The molecular formula is C11H10Br2N2S. The van der Waals surface area contributed by atoms with E-state index in [4.69, 9.17) is 0 Å². The number of nitrogens with one attached hydrogen (secondary N) is 1. The fraction of sp³-hybridized carbons (Fsp3) is 0.182. The SMILES string of the molecule is Cc1ccnc(NCc2cc(Br)cs2)c1Br. The lowest BCUT2D eigenvalue weighted by Crippen LogP contribution is -2.01. The summed E-state index contributed by atoms with van der Waals surface area (Å²) in [6, 6.07) is 4.10. The number of pyridine rings is 1. The molecule has 0 saturated carbocycles. The zero-order chi connectivity index (χ0) is 11.5. The minimum absolute atomic E-state index is 0.797. The maximum atomic E-state index is 4.30. The molecule has 0 fully saturated rings. The molecule has 2 aromatic rings. The van der Waals surface area contributed by atoms with Crippen LogP contribution in [0.5, 0.6) is 0 Å². The second kappa shape index (κ2) is 5.29. The normalized spacial score (nSPS) is 10.4. The molecule has 0 aliphatic heterocycles. The summed E-state index contributed by atoms with van der Waals surface area (Å²) in [6.07, 6.45) is 1.81. The summed E-state index contributed by atoms with van der Waals surface area (Å²) in [4.78, 5) is 5.58. The lowest BCUT2D eigenvalue weighted by molar-refractivity contribution is 1.12. The average molecular weight is 362 g/mol. The lowest BCUT2D eigenvalue weighted by atomic mass is 10.3. The van der Waals surface area contributed by atoms with Crippen molar-refractivity contribution in [2.75, 3.05) is 5.32 Å². The van der Waals surface area contributed by atoms with E-state index >= 15 is 0 Å². The van der Waals surface area contributed by atoms with E-state index in [2.05, 4.69) is 60.5 Å². The molecule has 2 heterocycles. The summed E-state index contributed by atoms with van der Waals surface area (Å²) in [7, 11) is 0. The Labute approximate surface area is 115 Å². The Bertz CT molecular complexity index is 496. The van der Waals surface area contributed by atoms with E-state index in [0.29, 0.717) is 0 Å². The maximum absolute atomic E-state index is 4.30. The summed E-state index contributed by atoms with van der Waals surface area (Å²) in [5.74, 6) is 0.893. The first-order valence-corrected chi connectivity index (χ1v) is 7.21. The van der Waals surface area contributed by atoms with Crippen molar-refractivity contribution < 1.29 is 0 Å². The molecule has 0 saturated heterocycles. The van der Waals surface area contributed by atoms with Gasteiger partial charge in [0.2, 0.25) is 0 Å². The number of thiophene rings is 1. The molecule has 0 spiro atoms. The zero-order valence-corrected chi connectivity index (χ0v) is 12.6. The number of rotatable bonds is 3. The fourth-order valence-corrected chi connectivity index (χ4v) is 3.05. The molecule has 0 radical (unpaired) electrons. The lowest BCUT2D eigenvalue weighted by Gasteiger charge is -2.07. The third kappa shape index (κ3) is 2.84. The van der Waals surface area contributed by atoms with E-state index < -0.39 is 0 Å². The van der Waals surface area contributed by atoms with E-state index in [9.17, 15) is 0 Å². The quantitative estimate of drug-likeness (QED) is 0.864. The molecule has 0 bridgehead atoms. The summed E-state index contributed by atoms with van der Waals surface area (Å²) in [5.41, 5.74) is 1.19. The van der Waals surface area contributed by atoms with Gasteiger partial charge in [0.05, 0.1) is 11.0 Å². The van der Waals surface area contributed by atoms with Crippen LogP contribution < -0.4 is 5.32 Å². The van der Waals surface area contributed by atoms with Crippen molar-refractivity contribution >= 4 is 49.0 Å². The van der Waals surface area contributed by atoms with Gasteiger partial charge in [-0.15, -0.1) is 11.3 Å². The highest BCUT2D eigenvalue weighted by Gasteiger charge is 2.04. The van der Waals surface area contributed by atoms with Crippen molar-refractivity contribution in [3.05, 3.63) is 43.1 Å². The second-order valence-corrected chi connectivity index (χ2v) is 6.08. The molecule has 0 aliphatic carbocycles. The van der Waals surface area contributed by atoms with Crippen LogP contribution in [-0.2, 0) is 6.54 Å². The minimum atomic E-state index is 0.797. The molecule has 1 N–H and O–H groups in total. The van der Waals surface area contributed by atoms with Gasteiger partial charge in [-0.1, -0.05) is 0 Å². The van der Waals surface area contributed by atoms with Gasteiger partial charge in [0.25, 0.3) is 0 Å². The first-order valence-electron chi connectivity index (χ1n) is 4.74. The Balaban J connectivity index is 2.07. The van der Waals surface area contributed by atoms with Crippen molar-refractivity contribution in [1.82, 2.24) is 4.98 Å². The minimum Gasteiger partial charge on any atom is -0.364 e. The van der Waals surface area contributed by atoms with Crippen LogP contribution in [0.15, 0.2) is 32.7 Å². The Hall–Kier alpha value is -0.390. The van der Waals surface area contributed by atoms with Crippen molar-refractivity contribution in [1.29, 1.82) is 0 Å². The van der Waals surface area contributed by atoms with E-state index in [1.165, 1.54) is 10.4 Å². The van der Waals surface area contributed by atoms with Gasteiger partial charge in [-0.2, -0.15) is 0 Å². The Kier molecular flexibility index (Phi) is 4.00. The second-order valence-electron chi connectivity index (χ2n) is 3.38. The van der Waals surface area contributed by atoms with E-state index in [-0.39, 0.29) is 0 Å². The summed E-state index contributed by atoms with van der Waals surface area (Å²) < 4.78 is 2.16. The molecule has 0 aromatic carbocycles. The molecule has 0 aliphatic rings. The molecule has 2 rings (SSSR count). The molecule has 16 heavy (non-hydrogen) atoms. The van der Waals surface area contributed by atoms with Crippen LogP contribution in [0.25, 0.3) is 0 Å². The third-order valence-corrected chi connectivity index (χ3v) is 4.83. The number of halogens is 2. The number of aromatic nitrogens is 1. The molecule has 0 atom stereocenters. The molecule has 0 amide bonds. The molecule has 2 nitrogen and oxygen atoms in total. The van der Waals surface area contributed by atoms with Crippen LogP contribution in [0.3, 0.4) is 0 Å². The number of hydrogen-bond donors (Lipinski definition) is 1. The van der Waals surface area contributed by atoms with Crippen LogP contribution >= 0.6 is 43.2 Å². The summed E-state index contributed by atoms with van der Waals surface area (Å²) in [5, 5.41) is 5.39. The third-order valence-electron chi connectivity index (χ3n) is 2.13. The van der Waals surface area contributed by atoms with Crippen LogP contribution in [0.4, 0.5) is 5.82 Å². The Morgan fingerprint density at radius 3 is 2.94 bits per heavy atom. The van der Waals surface area contributed by atoms with E-state index in [1.807, 2.05) is 12.3 Å². The van der Waals surface area contributed by atoms with Gasteiger partial charge in [-0.3, -0.25) is 0 Å². The van der Waals surface area contributed by atoms with Gasteiger partial charge in [0.1, 0.15) is 5.82 Å². The highest BCUT2D eigenvalue weighted by Crippen LogP contribution is 2.25. The van der Waals surface area contributed by atoms with Crippen LogP contribution in [0.2, 0.25) is 0 Å². The Morgan fingerprint density at radius 1 is 1.44 bits per heavy atom. The van der Waals surface area contributed by atoms with Crippen molar-refractivity contribution in [2.24, 2.45) is 0 Å². The topological polar surface area (TPSA) is 24.9 Å². The predicted molar refractivity (Wildman–Crippen MR) is 76.0 cm³/mol. The largest absolute Gasteiger partial charge is 0.364 e. The molecule has 84 valence electrons. The van der Waals surface area contributed by atoms with Crippen LogP contribution in [0, 0.1) is 6.92 Å². The van der Waals surface area contributed by atoms with Crippen LogP contribution in [-0.4, -0.2) is 4.98 Å². The summed E-state index contributed by atoms with van der Waals surface area (Å²) in [6.45, 7) is 2.85. The maximum Gasteiger partial charge on any atom is 0.140 e. The molecular weight excluding hydrogens is 352 g/mol. The first kappa shape index (κ1) is 12.1. The predicted octanol–water partition coefficient (Wildman–Crippen LogP) is 4.59. The smallest absolute Gasteiger partial charge is 0.140 e. The molecule has 0 unspecified atom stereocenters. The number of aryl methyl sites for hydroxylation is 1. The van der Waals surface area contributed by atoms with Crippen molar-refractivity contribution in [2.45, 2.75) is 13.5 Å². The van der Waals surface area contributed by atoms with Crippen molar-refractivity contribution in [3.8, 4) is 0 Å². The highest BCUT2D eigenvalue weighted by molar-refractivity contribution is 9.11. The van der Waals surface area contributed by atoms with Gasteiger partial charge >= 0.3 is 0 Å². The molecule has 2 aromatic heterocycles. The Morgan fingerprint density at radius 2 is 2.25 bits per heavy atom. The number of anilines is 1. The van der Waals surface area contributed by atoms with Gasteiger partial charge in [0, 0.05) is 20.9 Å². The standard InChI is InChI=1S/C11H10Br2N2S/c1-7-2-3-14-11(10(7)13)15-5-9-4-8(12)6-16-9/h2-4,6H,5H2,1H3,(H,14,15).